The summed E-state index contributed by atoms with van der Waals surface area (Å²) in [6, 6.07) is 14.3. The third-order valence-electron chi connectivity index (χ3n) is 11.9. The number of phenolic OH excluding ortho intramolecular Hbond substituents is 1. The quantitative estimate of drug-likeness (QED) is 0.0294. The molecule has 326 valence electrons. The molecule has 2 aliphatic carbocycles. The number of hydrogen-bond acceptors (Lipinski definition) is 15. The number of carbonyl (C=O) groups excluding carboxylic acids is 4. The molecule has 8 N–H and O–H groups in total. The number of hydrogen-bond donors (Lipinski definition) is 8. The zero-order chi connectivity index (χ0) is 44.7. The van der Waals surface area contributed by atoms with Gasteiger partial charge in [-0.05, 0) is 72.2 Å². The molecule has 1 saturated heterocycles. The molecule has 4 aromatic carbocycles. The van der Waals surface area contributed by atoms with Crippen LogP contribution in [-0.2, 0) is 34.6 Å². The lowest BCUT2D eigenvalue weighted by Gasteiger charge is -2.44. The Kier molecular flexibility index (Phi) is 12.6. The molecule has 0 amide bonds. The minimum absolute atomic E-state index is 0.0257. The SMILES string of the molecule is CC(=O)Oc1cc(CO)c2c(c1/C=C/c1cccc(CCO)c1)C(=O)c1cc(O[C@H]3O[C@@H](C)[C@@H](O)C(O)(O)[C@H]3O)c(Cc3cccc(C4(O)CCCCC4)c3C=O)c(O)c1C2=O. The van der Waals surface area contributed by atoms with Crippen LogP contribution in [0.5, 0.6) is 17.2 Å². The van der Waals surface area contributed by atoms with Crippen LogP contribution >= 0.6 is 0 Å². The van der Waals surface area contributed by atoms with Crippen LogP contribution in [0.1, 0.15) is 127 Å². The number of esters is 1. The number of benzene rings is 4. The average molecular weight is 853 g/mol. The Balaban J connectivity index is 1.43. The summed E-state index contributed by atoms with van der Waals surface area (Å²) < 4.78 is 17.2. The number of ether oxygens (including phenoxy) is 3. The van der Waals surface area contributed by atoms with Crippen LogP contribution in [0.4, 0.5) is 0 Å². The van der Waals surface area contributed by atoms with Gasteiger partial charge in [-0.25, -0.2) is 0 Å². The normalized spacial score (nSPS) is 21.6. The van der Waals surface area contributed by atoms with E-state index in [4.69, 9.17) is 14.2 Å². The second-order valence-electron chi connectivity index (χ2n) is 16.0. The van der Waals surface area contributed by atoms with Gasteiger partial charge in [0.2, 0.25) is 12.1 Å². The van der Waals surface area contributed by atoms with Crippen LogP contribution in [0.15, 0.2) is 54.6 Å². The minimum Gasteiger partial charge on any atom is -0.507 e. The van der Waals surface area contributed by atoms with E-state index in [-0.39, 0.29) is 57.7 Å². The first-order valence-electron chi connectivity index (χ1n) is 20.3. The molecule has 7 rings (SSSR count). The molecular formula is C47H48O15. The molecule has 2 fully saturated rings. The summed E-state index contributed by atoms with van der Waals surface area (Å²) >= 11 is 0. The lowest BCUT2D eigenvalue weighted by atomic mass is 9.76. The van der Waals surface area contributed by atoms with E-state index < -0.39 is 82.8 Å². The van der Waals surface area contributed by atoms with Gasteiger partial charge in [0.25, 0.3) is 0 Å². The van der Waals surface area contributed by atoms with E-state index in [1.165, 1.54) is 19.1 Å². The molecule has 0 radical (unpaired) electrons. The molecular weight excluding hydrogens is 805 g/mol. The topological polar surface area (TPSA) is 258 Å². The molecule has 1 aliphatic heterocycles. The van der Waals surface area contributed by atoms with Gasteiger partial charge < -0.3 is 55.1 Å². The molecule has 1 saturated carbocycles. The standard InChI is InChI=1S/C47H48O15/c1-24-43(55)47(58,59)44(56)45(60-24)62-36-21-32-39(40(52)31(36)19-28-10-7-11-34(33(28)23-50)46(57)15-4-3-5-16-46)42(54)37-29(22-49)20-35(61-25(2)51)30(38(37)41(32)53)13-12-26-8-6-9-27(18-26)14-17-48/h6-13,18,20-21,23-24,43-45,48-49,52,55-59H,3-5,14-17,19,22H2,1-2H3/b13-12+/t24-,43+,44-,45+/m0/s1. The fourth-order valence-electron chi connectivity index (χ4n) is 8.75. The van der Waals surface area contributed by atoms with Gasteiger partial charge >= 0.3 is 5.97 Å². The summed E-state index contributed by atoms with van der Waals surface area (Å²) in [7, 11) is 0. The van der Waals surface area contributed by atoms with Crippen molar-refractivity contribution in [3.8, 4) is 17.2 Å². The fourth-order valence-corrected chi connectivity index (χ4v) is 8.75. The molecule has 15 heteroatoms. The van der Waals surface area contributed by atoms with Crippen molar-refractivity contribution in [2.24, 2.45) is 0 Å². The van der Waals surface area contributed by atoms with Crippen molar-refractivity contribution in [1.82, 2.24) is 0 Å². The van der Waals surface area contributed by atoms with Crippen molar-refractivity contribution < 1.29 is 74.2 Å². The molecule has 3 aliphatic rings. The van der Waals surface area contributed by atoms with Crippen molar-refractivity contribution in [2.75, 3.05) is 6.61 Å². The first-order chi connectivity index (χ1) is 29.5. The van der Waals surface area contributed by atoms with Crippen LogP contribution < -0.4 is 9.47 Å². The smallest absolute Gasteiger partial charge is 0.308 e. The van der Waals surface area contributed by atoms with Gasteiger partial charge in [0.15, 0.2) is 24.0 Å². The molecule has 0 unspecified atom stereocenters. The number of carbonyl (C=O) groups is 4. The predicted molar refractivity (Wildman–Crippen MR) is 221 cm³/mol. The van der Waals surface area contributed by atoms with Gasteiger partial charge in [-0.2, -0.15) is 0 Å². The Morgan fingerprint density at radius 2 is 1.58 bits per heavy atom. The van der Waals surface area contributed by atoms with Crippen LogP contribution in [0.2, 0.25) is 0 Å². The van der Waals surface area contributed by atoms with Crippen molar-refractivity contribution in [3.63, 3.8) is 0 Å². The monoisotopic (exact) mass is 852 g/mol. The molecule has 62 heavy (non-hydrogen) atoms. The second-order valence-corrected chi connectivity index (χ2v) is 16.0. The molecule has 1 heterocycles. The maximum absolute atomic E-state index is 14.9. The number of ketones is 2. The molecule has 4 atom stereocenters. The van der Waals surface area contributed by atoms with Crippen molar-refractivity contribution >= 4 is 36.0 Å². The van der Waals surface area contributed by atoms with E-state index in [2.05, 4.69) is 0 Å². The number of aliphatic hydroxyl groups excluding tert-OH is 4. The third-order valence-corrected chi connectivity index (χ3v) is 11.9. The Bertz CT molecular complexity index is 2460. The zero-order valence-electron chi connectivity index (χ0n) is 34.0. The summed E-state index contributed by atoms with van der Waals surface area (Å²) in [5.41, 5.74) is -0.996. The van der Waals surface area contributed by atoms with E-state index >= 15 is 0 Å². The van der Waals surface area contributed by atoms with E-state index in [0.717, 1.165) is 37.8 Å². The van der Waals surface area contributed by atoms with Crippen LogP contribution in [0.25, 0.3) is 12.2 Å². The summed E-state index contributed by atoms with van der Waals surface area (Å²) in [6.45, 7) is 1.52. The number of aliphatic hydroxyl groups is 7. The lowest BCUT2D eigenvalue weighted by Crippen LogP contribution is -2.67. The number of aromatic hydroxyl groups is 1. The molecule has 0 aromatic heterocycles. The lowest BCUT2D eigenvalue weighted by molar-refractivity contribution is -0.371. The summed E-state index contributed by atoms with van der Waals surface area (Å²) in [4.78, 5) is 55.0. The summed E-state index contributed by atoms with van der Waals surface area (Å²) in [5.74, 6) is -7.07. The van der Waals surface area contributed by atoms with Crippen molar-refractivity contribution in [1.29, 1.82) is 0 Å². The van der Waals surface area contributed by atoms with Crippen molar-refractivity contribution in [2.45, 2.75) is 101 Å². The Morgan fingerprint density at radius 1 is 0.855 bits per heavy atom. The maximum Gasteiger partial charge on any atom is 0.308 e. The van der Waals surface area contributed by atoms with E-state index in [9.17, 15) is 60.0 Å². The Hall–Kier alpha value is -5.62. The molecule has 0 spiro atoms. The highest BCUT2D eigenvalue weighted by Crippen LogP contribution is 2.46. The highest BCUT2D eigenvalue weighted by atomic mass is 16.7. The maximum atomic E-state index is 14.9. The number of phenols is 1. The molecule has 0 bridgehead atoms. The number of aldehydes is 1. The van der Waals surface area contributed by atoms with E-state index in [1.807, 2.05) is 6.07 Å². The highest BCUT2D eigenvalue weighted by Gasteiger charge is 2.54. The molecule has 4 aromatic rings. The predicted octanol–water partition coefficient (Wildman–Crippen LogP) is 3.37. The zero-order valence-corrected chi connectivity index (χ0v) is 34.0. The number of fused-ring (bicyclic) bond motifs is 2. The van der Waals surface area contributed by atoms with Gasteiger partial charge in [-0.1, -0.05) is 67.8 Å². The van der Waals surface area contributed by atoms with Gasteiger partial charge in [0.1, 0.15) is 23.4 Å². The van der Waals surface area contributed by atoms with Crippen LogP contribution in [0, 0.1) is 0 Å². The van der Waals surface area contributed by atoms with Crippen LogP contribution in [-0.4, -0.2) is 102 Å². The van der Waals surface area contributed by atoms with Gasteiger partial charge in [0.05, 0.1) is 23.9 Å². The van der Waals surface area contributed by atoms with E-state index in [1.54, 1.807) is 42.5 Å². The third kappa shape index (κ3) is 8.09. The average Bonchev–Trinajstić information content (AvgIpc) is 3.24. The largest absolute Gasteiger partial charge is 0.507 e. The number of rotatable bonds is 12. The van der Waals surface area contributed by atoms with Crippen molar-refractivity contribution in [3.05, 3.63) is 121 Å². The Morgan fingerprint density at radius 3 is 2.26 bits per heavy atom. The van der Waals surface area contributed by atoms with Gasteiger partial charge in [-0.3, -0.25) is 19.2 Å². The Labute approximate surface area is 356 Å². The van der Waals surface area contributed by atoms with E-state index in [0.29, 0.717) is 36.7 Å². The first kappa shape index (κ1) is 44.4. The second kappa shape index (κ2) is 17.6. The highest BCUT2D eigenvalue weighted by molar-refractivity contribution is 6.31. The van der Waals surface area contributed by atoms with Gasteiger partial charge in [-0.15, -0.1) is 0 Å². The fraction of sp³-hybridized carbons (Fsp3) is 0.362. The summed E-state index contributed by atoms with van der Waals surface area (Å²) in [5, 5.41) is 86.7. The van der Waals surface area contributed by atoms with Crippen LogP contribution in [0.3, 0.4) is 0 Å². The molecule has 15 nitrogen and oxygen atoms in total. The minimum atomic E-state index is -3.15. The van der Waals surface area contributed by atoms with Gasteiger partial charge in [0, 0.05) is 53.3 Å². The first-order valence-corrected chi connectivity index (χ1v) is 20.3. The summed E-state index contributed by atoms with van der Waals surface area (Å²) in [6.07, 6.45) is -0.798.